The van der Waals surface area contributed by atoms with Gasteiger partial charge in [-0.2, -0.15) is 13.2 Å². The largest absolute Gasteiger partial charge is 0.490 e. The quantitative estimate of drug-likeness (QED) is 0.216. The van der Waals surface area contributed by atoms with Crippen LogP contribution < -0.4 is 14.8 Å². The van der Waals surface area contributed by atoms with Gasteiger partial charge in [-0.25, -0.2) is 8.42 Å². The Morgan fingerprint density at radius 1 is 1.16 bits per heavy atom. The molecule has 0 amide bonds. The van der Waals surface area contributed by atoms with Gasteiger partial charge in [0, 0.05) is 37.9 Å². The van der Waals surface area contributed by atoms with E-state index in [1.54, 1.807) is 37.3 Å². The Labute approximate surface area is 248 Å². The number of esters is 1. The summed E-state index contributed by atoms with van der Waals surface area (Å²) < 4.78 is 82.5. The van der Waals surface area contributed by atoms with E-state index < -0.39 is 51.4 Å². The van der Waals surface area contributed by atoms with Gasteiger partial charge in [-0.15, -0.1) is 0 Å². The SMILES string of the molecule is CCOC(=O)CS(=O)(=O)N1c2ccc(OC3CCN(C(C)=N)CC3)c(C(F)(F)F)c2CC1/C=C/c1cccc(C(=N)N)c1. The molecule has 0 aliphatic carbocycles. The number of fused-ring (bicyclic) bond motifs is 1. The Morgan fingerprint density at radius 3 is 2.47 bits per heavy atom. The molecular formula is C29H34F3N5O5S. The number of ether oxygens (including phenoxy) is 2. The number of likely N-dealkylation sites (tertiary alicyclic amines) is 1. The van der Waals surface area contributed by atoms with E-state index in [1.807, 2.05) is 4.90 Å². The number of halogens is 3. The predicted molar refractivity (Wildman–Crippen MR) is 157 cm³/mol. The number of benzene rings is 2. The van der Waals surface area contributed by atoms with Crippen LogP contribution in [0.2, 0.25) is 0 Å². The van der Waals surface area contributed by atoms with Crippen molar-refractivity contribution in [3.8, 4) is 5.75 Å². The van der Waals surface area contributed by atoms with E-state index in [0.29, 0.717) is 42.9 Å². The number of nitrogens with one attached hydrogen (secondary N) is 2. The van der Waals surface area contributed by atoms with Crippen molar-refractivity contribution < 1.29 is 35.9 Å². The van der Waals surface area contributed by atoms with E-state index in [1.165, 1.54) is 19.1 Å². The maximum absolute atomic E-state index is 14.6. The first-order valence-electron chi connectivity index (χ1n) is 13.7. The number of alkyl halides is 3. The van der Waals surface area contributed by atoms with Crippen molar-refractivity contribution in [2.24, 2.45) is 5.73 Å². The third-order valence-electron chi connectivity index (χ3n) is 7.31. The maximum atomic E-state index is 14.6. The minimum atomic E-state index is -4.86. The van der Waals surface area contributed by atoms with E-state index in [-0.39, 0.29) is 30.1 Å². The minimum Gasteiger partial charge on any atom is -0.490 e. The molecule has 232 valence electrons. The van der Waals surface area contributed by atoms with E-state index in [9.17, 15) is 26.4 Å². The van der Waals surface area contributed by atoms with Crippen LogP contribution in [0.4, 0.5) is 18.9 Å². The summed E-state index contributed by atoms with van der Waals surface area (Å²) in [6.07, 6.45) is -1.85. The molecule has 2 aliphatic heterocycles. The normalized spacial score (nSPS) is 17.7. The molecule has 2 aromatic rings. The third-order valence-corrected chi connectivity index (χ3v) is 8.98. The first-order chi connectivity index (χ1) is 20.2. The zero-order valence-electron chi connectivity index (χ0n) is 23.8. The Balaban J connectivity index is 1.74. The lowest BCUT2D eigenvalue weighted by Gasteiger charge is -2.33. The standard InChI is InChI=1S/C29H34F3N5O5S/c1-3-41-26(38)17-43(39,40)37-21(8-7-19-5-4-6-20(15-19)28(34)35)16-23-24(37)9-10-25(27(23)29(30,31)32)42-22-11-13-36(14-12-22)18(2)33/h4-10,15,21-22,33H,3,11-14,16-17H2,1-2H3,(H3,34,35)/b8-7+,33-18?. The zero-order valence-corrected chi connectivity index (χ0v) is 24.6. The highest BCUT2D eigenvalue weighted by Crippen LogP contribution is 2.48. The van der Waals surface area contributed by atoms with Gasteiger partial charge in [0.15, 0.2) is 5.75 Å². The molecule has 0 spiro atoms. The van der Waals surface area contributed by atoms with Crippen molar-refractivity contribution in [2.75, 3.05) is 29.8 Å². The number of sulfonamides is 1. The van der Waals surface area contributed by atoms with Gasteiger partial charge in [0.1, 0.15) is 23.3 Å². The highest BCUT2D eigenvalue weighted by atomic mass is 32.2. The lowest BCUT2D eigenvalue weighted by molar-refractivity contribution is -0.140. The third kappa shape index (κ3) is 7.29. The van der Waals surface area contributed by atoms with Crippen LogP contribution in [0.5, 0.6) is 5.75 Å². The first kappa shape index (κ1) is 31.9. The molecule has 0 bridgehead atoms. The monoisotopic (exact) mass is 621 g/mol. The fourth-order valence-electron chi connectivity index (χ4n) is 5.35. The average Bonchev–Trinajstić information content (AvgIpc) is 3.30. The summed E-state index contributed by atoms with van der Waals surface area (Å²) >= 11 is 0. The van der Waals surface area contributed by atoms with E-state index in [2.05, 4.69) is 0 Å². The molecule has 1 fully saturated rings. The van der Waals surface area contributed by atoms with Crippen LogP contribution in [0.25, 0.3) is 6.08 Å². The molecule has 2 heterocycles. The molecule has 4 rings (SSSR count). The van der Waals surface area contributed by atoms with Crippen molar-refractivity contribution >= 4 is 39.4 Å². The van der Waals surface area contributed by atoms with Crippen LogP contribution in [0.15, 0.2) is 42.5 Å². The van der Waals surface area contributed by atoms with Crippen molar-refractivity contribution in [3.05, 3.63) is 64.7 Å². The molecule has 10 nitrogen and oxygen atoms in total. The van der Waals surface area contributed by atoms with Crippen LogP contribution in [0, 0.1) is 10.8 Å². The summed E-state index contributed by atoms with van der Waals surface area (Å²) in [5.41, 5.74) is 5.04. The fraction of sp³-hybridized carbons (Fsp3) is 0.414. The predicted octanol–water partition coefficient (Wildman–Crippen LogP) is 4.17. The first-order valence-corrected chi connectivity index (χ1v) is 15.3. The van der Waals surface area contributed by atoms with Gasteiger partial charge < -0.3 is 20.1 Å². The molecule has 2 aliphatic rings. The number of amidine groups is 2. The second-order valence-corrected chi connectivity index (χ2v) is 12.2. The Bertz CT molecular complexity index is 1540. The number of nitrogen functional groups attached to an aromatic ring is 1. The van der Waals surface area contributed by atoms with Crippen LogP contribution >= 0.6 is 0 Å². The average molecular weight is 622 g/mol. The highest BCUT2D eigenvalue weighted by molar-refractivity contribution is 7.93. The molecule has 0 saturated carbocycles. The van der Waals surface area contributed by atoms with Gasteiger partial charge in [0.2, 0.25) is 10.0 Å². The lowest BCUT2D eigenvalue weighted by atomic mass is 10.00. The summed E-state index contributed by atoms with van der Waals surface area (Å²) in [5, 5.41) is 15.4. The van der Waals surface area contributed by atoms with Crippen molar-refractivity contribution in [1.29, 1.82) is 10.8 Å². The second-order valence-electron chi connectivity index (χ2n) is 10.4. The van der Waals surface area contributed by atoms with Crippen LogP contribution in [0.3, 0.4) is 0 Å². The van der Waals surface area contributed by atoms with Gasteiger partial charge in [0.05, 0.1) is 24.2 Å². The number of piperidine rings is 1. The smallest absolute Gasteiger partial charge is 0.420 e. The number of nitrogens with zero attached hydrogens (tertiary/aromatic N) is 2. The fourth-order valence-corrected chi connectivity index (χ4v) is 6.90. The molecular weight excluding hydrogens is 587 g/mol. The van der Waals surface area contributed by atoms with Crippen molar-refractivity contribution in [3.63, 3.8) is 0 Å². The van der Waals surface area contributed by atoms with Gasteiger partial charge in [-0.1, -0.05) is 30.4 Å². The maximum Gasteiger partial charge on any atom is 0.420 e. The number of anilines is 1. The Kier molecular flexibility index (Phi) is 9.38. The van der Waals surface area contributed by atoms with Crippen molar-refractivity contribution in [2.45, 2.75) is 51.4 Å². The zero-order chi connectivity index (χ0) is 31.5. The highest BCUT2D eigenvalue weighted by Gasteiger charge is 2.46. The molecule has 43 heavy (non-hydrogen) atoms. The molecule has 2 aromatic carbocycles. The van der Waals surface area contributed by atoms with Crippen molar-refractivity contribution in [1.82, 2.24) is 4.90 Å². The number of hydrogen-bond donors (Lipinski definition) is 3. The van der Waals surface area contributed by atoms with Crippen LogP contribution in [0.1, 0.15) is 48.9 Å². The summed E-state index contributed by atoms with van der Waals surface area (Å²) in [7, 11) is -4.47. The summed E-state index contributed by atoms with van der Waals surface area (Å²) in [6, 6.07) is 7.86. The topological polar surface area (TPSA) is 150 Å². The molecule has 1 saturated heterocycles. The van der Waals surface area contributed by atoms with Gasteiger partial charge in [0.25, 0.3) is 0 Å². The number of nitrogens with two attached hydrogens (primary N) is 1. The minimum absolute atomic E-state index is 0.0575. The summed E-state index contributed by atoms with van der Waals surface area (Å²) in [4.78, 5) is 14.0. The van der Waals surface area contributed by atoms with Crippen LogP contribution in [-0.4, -0.2) is 68.6 Å². The molecule has 4 N–H and O–H groups in total. The molecule has 14 heteroatoms. The number of rotatable bonds is 9. The Morgan fingerprint density at radius 2 is 1.86 bits per heavy atom. The second kappa shape index (κ2) is 12.7. The van der Waals surface area contributed by atoms with Gasteiger partial charge >= 0.3 is 12.1 Å². The number of carbonyl (C=O) groups excluding carboxylic acids is 1. The molecule has 0 aromatic heterocycles. The summed E-state index contributed by atoms with van der Waals surface area (Å²) in [6.45, 7) is 4.06. The van der Waals surface area contributed by atoms with E-state index in [0.717, 1.165) is 10.4 Å². The van der Waals surface area contributed by atoms with Gasteiger partial charge in [-0.05, 0) is 43.2 Å². The number of hydrogen-bond acceptors (Lipinski definition) is 7. The Hall–Kier alpha value is -4.07. The number of carbonyl (C=O) groups is 1. The van der Waals surface area contributed by atoms with Gasteiger partial charge in [-0.3, -0.25) is 19.9 Å². The summed E-state index contributed by atoms with van der Waals surface area (Å²) in [5.74, 6) is -2.26. The molecule has 0 radical (unpaired) electrons. The molecule has 1 atom stereocenters. The molecule has 1 unspecified atom stereocenters. The van der Waals surface area contributed by atoms with E-state index >= 15 is 0 Å². The lowest BCUT2D eigenvalue weighted by Crippen LogP contribution is -2.40. The van der Waals surface area contributed by atoms with E-state index in [4.69, 9.17) is 26.0 Å². The van der Waals surface area contributed by atoms with Crippen LogP contribution in [-0.2, 0) is 32.2 Å².